The molecule has 0 atom stereocenters. The van der Waals surface area contributed by atoms with Gasteiger partial charge in [-0.3, -0.25) is 9.59 Å². The van der Waals surface area contributed by atoms with Crippen LogP contribution in [0.1, 0.15) is 66.0 Å². The highest BCUT2D eigenvalue weighted by Crippen LogP contribution is 2.39. The number of nitrogens with one attached hydrogen (secondary N) is 2. The first-order valence-corrected chi connectivity index (χ1v) is 14.9. The van der Waals surface area contributed by atoms with Gasteiger partial charge in [-0.2, -0.15) is 0 Å². The summed E-state index contributed by atoms with van der Waals surface area (Å²) in [5, 5.41) is 13.5. The number of carboxylic acid groups (broad SMARTS) is 1. The molecule has 0 aliphatic carbocycles. The van der Waals surface area contributed by atoms with Crippen LogP contribution in [0.5, 0.6) is 0 Å². The van der Waals surface area contributed by atoms with Crippen LogP contribution in [0.15, 0.2) is 47.5 Å². The van der Waals surface area contributed by atoms with Gasteiger partial charge in [-0.15, -0.1) is 0 Å². The second-order valence-electron chi connectivity index (χ2n) is 11.5. The minimum absolute atomic E-state index is 0.133. The van der Waals surface area contributed by atoms with Crippen molar-refractivity contribution < 1.29 is 14.7 Å². The van der Waals surface area contributed by atoms with Gasteiger partial charge in [0.1, 0.15) is 5.82 Å². The van der Waals surface area contributed by atoms with Gasteiger partial charge in [0.2, 0.25) is 0 Å². The molecule has 3 N–H and O–H groups in total. The number of carbonyl (C=O) groups is 2. The zero-order chi connectivity index (χ0) is 30.8. The first kappa shape index (κ1) is 29.9. The fraction of sp³-hybridized carbons (Fsp3) is 0.394. The van der Waals surface area contributed by atoms with Gasteiger partial charge in [-0.25, -0.2) is 9.78 Å². The number of hydrogen-bond donors (Lipinski definition) is 3. The van der Waals surface area contributed by atoms with Gasteiger partial charge in [0.05, 0.1) is 5.52 Å². The lowest BCUT2D eigenvalue weighted by molar-refractivity contribution is 0.0950. The first-order valence-electron chi connectivity index (χ1n) is 14.9. The molecular formula is C33H40N6O4. The topological polar surface area (TPSA) is 124 Å². The second kappa shape index (κ2) is 12.3. The van der Waals surface area contributed by atoms with E-state index in [1.807, 2.05) is 38.1 Å². The molecule has 4 heterocycles. The molecule has 0 unspecified atom stereocenters. The molecule has 1 aliphatic rings. The Balaban J connectivity index is 1.57. The quantitative estimate of drug-likeness (QED) is 0.259. The van der Waals surface area contributed by atoms with Crippen molar-refractivity contribution in [3.8, 4) is 11.1 Å². The molecule has 0 saturated carbocycles. The molecule has 1 saturated heterocycles. The van der Waals surface area contributed by atoms with Crippen molar-refractivity contribution in [2.45, 2.75) is 60.0 Å². The molecule has 10 heteroatoms. The molecule has 5 rings (SSSR count). The number of nitrogens with zero attached hydrogens (tertiary/aromatic N) is 4. The molecule has 1 fully saturated rings. The third kappa shape index (κ3) is 5.86. The molecule has 0 spiro atoms. The fourth-order valence-electron chi connectivity index (χ4n) is 6.11. The van der Waals surface area contributed by atoms with Gasteiger partial charge in [-0.05, 0) is 81.1 Å². The number of hydrogen-bond acceptors (Lipinski definition) is 5. The lowest BCUT2D eigenvalue weighted by Crippen LogP contribution is -2.48. The first-order chi connectivity index (χ1) is 20.6. The number of aromatic amines is 1. The Hall–Kier alpha value is -4.60. The Bertz CT molecular complexity index is 1730. The SMILES string of the molecule is CCCc1cc(C)[nH]c(=O)c1CNC(=O)c1cc(-c2cccnc2N2CCN(C(=O)O)CC2)c2ccn(C(C)C)c2c1C. The number of rotatable bonds is 8. The number of aryl methyl sites for hydroxylation is 3. The second-order valence-corrected chi connectivity index (χ2v) is 11.5. The summed E-state index contributed by atoms with van der Waals surface area (Å²) >= 11 is 0. The zero-order valence-electron chi connectivity index (χ0n) is 25.5. The van der Waals surface area contributed by atoms with E-state index >= 15 is 0 Å². The zero-order valence-corrected chi connectivity index (χ0v) is 25.5. The van der Waals surface area contributed by atoms with Crippen molar-refractivity contribution in [1.29, 1.82) is 0 Å². The van der Waals surface area contributed by atoms with E-state index in [9.17, 15) is 19.5 Å². The summed E-state index contributed by atoms with van der Waals surface area (Å²) in [7, 11) is 0. The van der Waals surface area contributed by atoms with Gasteiger partial charge in [-0.1, -0.05) is 13.3 Å². The Kier molecular flexibility index (Phi) is 8.57. The Labute approximate surface area is 251 Å². The molecule has 10 nitrogen and oxygen atoms in total. The maximum atomic E-state index is 13.9. The van der Waals surface area contributed by atoms with E-state index in [0.717, 1.165) is 57.5 Å². The number of anilines is 1. The monoisotopic (exact) mass is 584 g/mol. The number of pyridine rings is 2. The summed E-state index contributed by atoms with van der Waals surface area (Å²) in [5.41, 5.74) is 6.31. The van der Waals surface area contributed by atoms with Crippen LogP contribution < -0.4 is 15.8 Å². The number of amides is 2. The third-order valence-electron chi connectivity index (χ3n) is 8.29. The molecule has 0 radical (unpaired) electrons. The van der Waals surface area contributed by atoms with Crippen LogP contribution in [-0.4, -0.2) is 62.7 Å². The number of H-pyrrole nitrogens is 1. The Morgan fingerprint density at radius 2 is 1.84 bits per heavy atom. The largest absolute Gasteiger partial charge is 0.465 e. The Morgan fingerprint density at radius 3 is 2.51 bits per heavy atom. The molecule has 43 heavy (non-hydrogen) atoms. The van der Waals surface area contributed by atoms with Crippen molar-refractivity contribution in [2.75, 3.05) is 31.1 Å². The standard InChI is InChI=1S/C33H40N6O4/c1-6-8-23-17-21(4)36-32(41)28(23)19-35-31(40)26-18-27(24-10-12-39(20(2)3)29(24)22(26)5)25-9-7-11-34-30(25)37-13-15-38(16-14-37)33(42)43/h7,9-12,17-18,20H,6,8,13-16,19H2,1-5H3,(H,35,40)(H,36,41)(H,42,43). The molecule has 226 valence electrons. The number of benzene rings is 1. The molecular weight excluding hydrogens is 544 g/mol. The minimum Gasteiger partial charge on any atom is -0.465 e. The minimum atomic E-state index is -0.916. The van der Waals surface area contributed by atoms with E-state index in [1.165, 1.54) is 4.90 Å². The van der Waals surface area contributed by atoms with Crippen LogP contribution in [0.2, 0.25) is 0 Å². The van der Waals surface area contributed by atoms with Crippen molar-refractivity contribution >= 4 is 28.7 Å². The van der Waals surface area contributed by atoms with Crippen molar-refractivity contribution in [3.63, 3.8) is 0 Å². The number of fused-ring (bicyclic) bond motifs is 1. The fourth-order valence-corrected chi connectivity index (χ4v) is 6.11. The van der Waals surface area contributed by atoms with E-state index in [4.69, 9.17) is 4.98 Å². The highest BCUT2D eigenvalue weighted by atomic mass is 16.4. The van der Waals surface area contributed by atoms with E-state index in [1.54, 1.807) is 6.20 Å². The maximum absolute atomic E-state index is 13.9. The normalized spacial score (nSPS) is 13.6. The van der Waals surface area contributed by atoms with Gasteiger partial charge >= 0.3 is 6.09 Å². The third-order valence-corrected chi connectivity index (χ3v) is 8.29. The lowest BCUT2D eigenvalue weighted by atomic mass is 9.94. The summed E-state index contributed by atoms with van der Waals surface area (Å²) in [6.07, 6.45) is 4.54. The highest BCUT2D eigenvalue weighted by molar-refractivity contribution is 6.07. The van der Waals surface area contributed by atoms with Gasteiger partial charge in [0.15, 0.2) is 0 Å². The van der Waals surface area contributed by atoms with Crippen LogP contribution in [0, 0.1) is 13.8 Å². The van der Waals surface area contributed by atoms with Crippen LogP contribution in [0.3, 0.4) is 0 Å². The summed E-state index contributed by atoms with van der Waals surface area (Å²) < 4.78 is 2.18. The molecule has 0 bridgehead atoms. The average Bonchev–Trinajstić information content (AvgIpc) is 3.43. The smallest absolute Gasteiger partial charge is 0.407 e. The van der Waals surface area contributed by atoms with Crippen molar-refractivity contribution in [2.24, 2.45) is 0 Å². The van der Waals surface area contributed by atoms with E-state index in [-0.39, 0.29) is 24.1 Å². The number of carbonyl (C=O) groups excluding carboxylic acids is 1. The number of piperazine rings is 1. The molecule has 1 aliphatic heterocycles. The summed E-state index contributed by atoms with van der Waals surface area (Å²) in [6, 6.07) is 10.1. The predicted octanol–water partition coefficient (Wildman–Crippen LogP) is 5.27. The van der Waals surface area contributed by atoms with E-state index in [0.29, 0.717) is 37.3 Å². The van der Waals surface area contributed by atoms with Gasteiger partial charge < -0.3 is 29.8 Å². The highest BCUT2D eigenvalue weighted by Gasteiger charge is 2.26. The van der Waals surface area contributed by atoms with Gasteiger partial charge in [0.25, 0.3) is 11.5 Å². The van der Waals surface area contributed by atoms with Crippen LogP contribution >= 0.6 is 0 Å². The summed E-state index contributed by atoms with van der Waals surface area (Å²) in [6.45, 7) is 12.1. The van der Waals surface area contributed by atoms with Gasteiger partial charge in [0, 0.05) is 78.9 Å². The molecule has 2 amide bonds. The number of aromatic nitrogens is 3. The molecule has 3 aromatic heterocycles. The predicted molar refractivity (Wildman–Crippen MR) is 169 cm³/mol. The Morgan fingerprint density at radius 1 is 1.09 bits per heavy atom. The van der Waals surface area contributed by atoms with Crippen LogP contribution in [0.25, 0.3) is 22.0 Å². The van der Waals surface area contributed by atoms with E-state index < -0.39 is 6.09 Å². The van der Waals surface area contributed by atoms with Crippen molar-refractivity contribution in [1.82, 2.24) is 24.8 Å². The molecule has 4 aromatic rings. The summed E-state index contributed by atoms with van der Waals surface area (Å²) in [4.78, 5) is 49.3. The lowest BCUT2D eigenvalue weighted by Gasteiger charge is -2.34. The summed E-state index contributed by atoms with van der Waals surface area (Å²) in [5.74, 6) is 0.511. The molecule has 1 aromatic carbocycles. The average molecular weight is 585 g/mol. The van der Waals surface area contributed by atoms with Crippen molar-refractivity contribution in [3.05, 3.63) is 81.0 Å². The van der Waals surface area contributed by atoms with Crippen LogP contribution in [0.4, 0.5) is 10.6 Å². The van der Waals surface area contributed by atoms with E-state index in [2.05, 4.69) is 52.8 Å². The van der Waals surface area contributed by atoms with Crippen LogP contribution in [-0.2, 0) is 13.0 Å². The maximum Gasteiger partial charge on any atom is 0.407 e.